The van der Waals surface area contributed by atoms with E-state index in [1.54, 1.807) is 18.2 Å². The highest BCUT2D eigenvalue weighted by Gasteiger charge is 2.21. The van der Waals surface area contributed by atoms with Crippen molar-refractivity contribution in [3.8, 4) is 0 Å². The summed E-state index contributed by atoms with van der Waals surface area (Å²) in [5.41, 5.74) is 0.354. The standard InChI is InChI=1S/C18H23N3O4/c1-2-3-9-15(17(24)19-11-6-10-16(22)23)21-12-20-14-8-5-4-7-13(14)18(21)25/h4-5,7-8,12,15H,2-3,6,9-11H2,1H3,(H,19,24)(H,22,23)/t15-/m0/s1. The molecule has 7 nitrogen and oxygen atoms in total. The van der Waals surface area contributed by atoms with E-state index >= 15 is 0 Å². The van der Waals surface area contributed by atoms with E-state index < -0.39 is 12.0 Å². The molecule has 1 heterocycles. The van der Waals surface area contributed by atoms with E-state index in [0.717, 1.165) is 12.8 Å². The first-order valence-corrected chi connectivity index (χ1v) is 8.50. The SMILES string of the molecule is CCCC[C@@H](C(=O)NCCCC(=O)O)n1cnc2ccccc2c1=O. The first-order valence-electron chi connectivity index (χ1n) is 8.50. The lowest BCUT2D eigenvalue weighted by atomic mass is 10.1. The van der Waals surface area contributed by atoms with Gasteiger partial charge in [0.05, 0.1) is 17.2 Å². The Morgan fingerprint density at radius 2 is 2.04 bits per heavy atom. The Morgan fingerprint density at radius 1 is 1.28 bits per heavy atom. The van der Waals surface area contributed by atoms with Crippen LogP contribution in [0, 0.1) is 0 Å². The monoisotopic (exact) mass is 345 g/mol. The molecule has 0 aliphatic heterocycles. The second-order valence-electron chi connectivity index (χ2n) is 5.92. The lowest BCUT2D eigenvalue weighted by Gasteiger charge is -2.19. The van der Waals surface area contributed by atoms with E-state index in [1.807, 2.05) is 13.0 Å². The number of unbranched alkanes of at least 4 members (excludes halogenated alkanes) is 1. The highest BCUT2D eigenvalue weighted by molar-refractivity contribution is 5.81. The molecule has 1 atom stereocenters. The molecular weight excluding hydrogens is 322 g/mol. The van der Waals surface area contributed by atoms with E-state index in [2.05, 4.69) is 10.3 Å². The molecule has 0 unspecified atom stereocenters. The zero-order chi connectivity index (χ0) is 18.2. The lowest BCUT2D eigenvalue weighted by Crippen LogP contribution is -2.38. The van der Waals surface area contributed by atoms with Crippen LogP contribution in [0.25, 0.3) is 10.9 Å². The topological polar surface area (TPSA) is 101 Å². The van der Waals surface area contributed by atoms with Gasteiger partial charge in [-0.1, -0.05) is 31.9 Å². The van der Waals surface area contributed by atoms with E-state index in [0.29, 0.717) is 23.7 Å². The van der Waals surface area contributed by atoms with Crippen LogP contribution in [0.4, 0.5) is 0 Å². The third-order valence-electron chi connectivity index (χ3n) is 4.03. The third-order valence-corrected chi connectivity index (χ3v) is 4.03. The zero-order valence-corrected chi connectivity index (χ0v) is 14.3. The van der Waals surface area contributed by atoms with Crippen LogP contribution < -0.4 is 10.9 Å². The number of benzene rings is 1. The minimum absolute atomic E-state index is 0.00259. The van der Waals surface area contributed by atoms with Crippen molar-refractivity contribution in [2.24, 2.45) is 0 Å². The molecule has 1 aromatic carbocycles. The average molecular weight is 345 g/mol. The van der Waals surface area contributed by atoms with Crippen LogP contribution in [-0.4, -0.2) is 33.1 Å². The molecule has 0 aliphatic carbocycles. The van der Waals surface area contributed by atoms with E-state index in [-0.39, 0.29) is 24.4 Å². The summed E-state index contributed by atoms with van der Waals surface area (Å²) < 4.78 is 1.38. The fourth-order valence-corrected chi connectivity index (χ4v) is 2.67. The number of para-hydroxylation sites is 1. The number of rotatable bonds is 9. The number of carbonyl (C=O) groups is 2. The van der Waals surface area contributed by atoms with Gasteiger partial charge in [-0.15, -0.1) is 0 Å². The predicted molar refractivity (Wildman–Crippen MR) is 94.4 cm³/mol. The molecule has 25 heavy (non-hydrogen) atoms. The first kappa shape index (κ1) is 18.6. The molecule has 0 saturated carbocycles. The van der Waals surface area contributed by atoms with Gasteiger partial charge >= 0.3 is 5.97 Å². The Kier molecular flexibility index (Phi) is 6.68. The van der Waals surface area contributed by atoms with Crippen molar-refractivity contribution < 1.29 is 14.7 Å². The maximum Gasteiger partial charge on any atom is 0.303 e. The largest absolute Gasteiger partial charge is 0.481 e. The van der Waals surface area contributed by atoms with Crippen LogP contribution in [0.15, 0.2) is 35.4 Å². The van der Waals surface area contributed by atoms with Gasteiger partial charge < -0.3 is 10.4 Å². The maximum absolute atomic E-state index is 12.7. The smallest absolute Gasteiger partial charge is 0.303 e. The van der Waals surface area contributed by atoms with Crippen molar-refractivity contribution >= 4 is 22.8 Å². The molecule has 7 heteroatoms. The molecule has 0 radical (unpaired) electrons. The summed E-state index contributed by atoms with van der Waals surface area (Å²) in [6, 6.07) is 6.39. The Balaban J connectivity index is 2.21. The highest BCUT2D eigenvalue weighted by Crippen LogP contribution is 2.15. The summed E-state index contributed by atoms with van der Waals surface area (Å²) in [6.07, 6.45) is 4.00. The van der Waals surface area contributed by atoms with E-state index in [9.17, 15) is 14.4 Å². The third kappa shape index (κ3) is 4.89. The van der Waals surface area contributed by atoms with Crippen LogP contribution in [0.1, 0.15) is 45.1 Å². The van der Waals surface area contributed by atoms with Gasteiger partial charge in [0.15, 0.2) is 0 Å². The molecule has 0 aliphatic rings. The fourth-order valence-electron chi connectivity index (χ4n) is 2.67. The molecular formula is C18H23N3O4. The minimum atomic E-state index is -0.897. The van der Waals surface area contributed by atoms with Gasteiger partial charge in [-0.2, -0.15) is 0 Å². The number of amides is 1. The van der Waals surface area contributed by atoms with Gasteiger partial charge in [0, 0.05) is 13.0 Å². The van der Waals surface area contributed by atoms with Crippen molar-refractivity contribution in [2.75, 3.05) is 6.54 Å². The summed E-state index contributed by atoms with van der Waals surface area (Å²) in [5, 5.41) is 11.9. The zero-order valence-electron chi connectivity index (χ0n) is 14.3. The molecule has 1 amide bonds. The molecule has 2 rings (SSSR count). The Hall–Kier alpha value is -2.70. The van der Waals surface area contributed by atoms with Crippen molar-refractivity contribution in [3.63, 3.8) is 0 Å². The highest BCUT2D eigenvalue weighted by atomic mass is 16.4. The second kappa shape index (κ2) is 8.96. The van der Waals surface area contributed by atoms with Crippen LogP contribution >= 0.6 is 0 Å². The molecule has 0 bridgehead atoms. The van der Waals surface area contributed by atoms with Gasteiger partial charge in [-0.3, -0.25) is 19.0 Å². The summed E-state index contributed by atoms with van der Waals surface area (Å²) in [6.45, 7) is 2.28. The van der Waals surface area contributed by atoms with Gasteiger partial charge in [-0.25, -0.2) is 4.98 Å². The normalized spacial score (nSPS) is 12.0. The number of carboxylic acids is 1. The molecule has 1 aromatic heterocycles. The number of hydrogen-bond acceptors (Lipinski definition) is 4. The quantitative estimate of drug-likeness (QED) is 0.678. The molecule has 0 fully saturated rings. The van der Waals surface area contributed by atoms with Gasteiger partial charge in [0.25, 0.3) is 5.56 Å². The maximum atomic E-state index is 12.7. The molecule has 2 aromatic rings. The number of hydrogen-bond donors (Lipinski definition) is 2. The van der Waals surface area contributed by atoms with E-state index in [1.165, 1.54) is 10.9 Å². The molecule has 2 N–H and O–H groups in total. The summed E-state index contributed by atoms with van der Waals surface area (Å²) in [4.78, 5) is 40.1. The molecule has 134 valence electrons. The lowest BCUT2D eigenvalue weighted by molar-refractivity contribution is -0.137. The Labute approximate surface area is 145 Å². The fraction of sp³-hybridized carbons (Fsp3) is 0.444. The first-order chi connectivity index (χ1) is 12.0. The Morgan fingerprint density at radius 3 is 2.76 bits per heavy atom. The van der Waals surface area contributed by atoms with Crippen LogP contribution in [0.5, 0.6) is 0 Å². The van der Waals surface area contributed by atoms with Crippen molar-refractivity contribution in [2.45, 2.75) is 45.1 Å². The van der Waals surface area contributed by atoms with Gasteiger partial charge in [0.2, 0.25) is 5.91 Å². The van der Waals surface area contributed by atoms with Gasteiger partial charge in [0.1, 0.15) is 6.04 Å². The summed E-state index contributed by atoms with van der Waals surface area (Å²) in [5.74, 6) is -1.18. The Bertz CT molecular complexity index is 800. The van der Waals surface area contributed by atoms with E-state index in [4.69, 9.17) is 5.11 Å². The van der Waals surface area contributed by atoms with Crippen molar-refractivity contribution in [1.29, 1.82) is 0 Å². The summed E-state index contributed by atoms with van der Waals surface area (Å²) >= 11 is 0. The molecule has 0 saturated heterocycles. The minimum Gasteiger partial charge on any atom is -0.481 e. The van der Waals surface area contributed by atoms with Crippen molar-refractivity contribution in [1.82, 2.24) is 14.9 Å². The van der Waals surface area contributed by atoms with Crippen LogP contribution in [-0.2, 0) is 9.59 Å². The van der Waals surface area contributed by atoms with Gasteiger partial charge in [-0.05, 0) is 25.0 Å². The van der Waals surface area contributed by atoms with Crippen molar-refractivity contribution in [3.05, 3.63) is 40.9 Å². The number of nitrogens with one attached hydrogen (secondary N) is 1. The number of fused-ring (bicyclic) bond motifs is 1. The second-order valence-corrected chi connectivity index (χ2v) is 5.92. The number of carbonyl (C=O) groups excluding carboxylic acids is 1. The number of aliphatic carboxylic acids is 1. The summed E-state index contributed by atoms with van der Waals surface area (Å²) in [7, 11) is 0. The number of nitrogens with zero attached hydrogens (tertiary/aromatic N) is 2. The average Bonchev–Trinajstić information content (AvgIpc) is 2.60. The van der Waals surface area contributed by atoms with Crippen LogP contribution in [0.3, 0.4) is 0 Å². The molecule has 0 spiro atoms. The number of aromatic nitrogens is 2. The van der Waals surface area contributed by atoms with Crippen LogP contribution in [0.2, 0.25) is 0 Å². The number of carboxylic acid groups (broad SMARTS) is 1. The predicted octanol–water partition coefficient (Wildman–Crippen LogP) is 2.11.